The van der Waals surface area contributed by atoms with E-state index in [9.17, 15) is 4.79 Å². The molecule has 1 fully saturated rings. The number of rotatable bonds is 5. The van der Waals surface area contributed by atoms with Gasteiger partial charge in [0.05, 0.1) is 12.6 Å². The lowest BCUT2D eigenvalue weighted by molar-refractivity contribution is 0.0646. The third kappa shape index (κ3) is 3.31. The van der Waals surface area contributed by atoms with Crippen molar-refractivity contribution in [1.82, 2.24) is 10.1 Å². The van der Waals surface area contributed by atoms with Crippen molar-refractivity contribution in [2.75, 3.05) is 19.8 Å². The molecule has 1 atom stereocenters. The Bertz CT molecular complexity index is 562. The Balaban J connectivity index is 1.71. The molecule has 1 aliphatic heterocycles. The smallest absolute Gasteiger partial charge is 0.276 e. The number of carbonyl (C=O) groups is 1. The van der Waals surface area contributed by atoms with E-state index >= 15 is 0 Å². The largest absolute Gasteiger partial charge is 0.379 e. The number of benzene rings is 1. The molecule has 0 aliphatic carbocycles. The van der Waals surface area contributed by atoms with Crippen LogP contribution in [-0.4, -0.2) is 41.8 Å². The van der Waals surface area contributed by atoms with Crippen molar-refractivity contribution >= 4 is 5.91 Å². The highest BCUT2D eigenvalue weighted by atomic mass is 16.5. The molecule has 0 unspecified atom stereocenters. The van der Waals surface area contributed by atoms with Gasteiger partial charge in [-0.05, 0) is 18.4 Å². The van der Waals surface area contributed by atoms with E-state index in [4.69, 9.17) is 9.26 Å². The number of amides is 1. The molecule has 0 bridgehead atoms. The van der Waals surface area contributed by atoms with Crippen LogP contribution in [0.3, 0.4) is 0 Å². The quantitative estimate of drug-likeness (QED) is 0.845. The van der Waals surface area contributed by atoms with Crippen molar-refractivity contribution in [2.24, 2.45) is 0 Å². The predicted molar refractivity (Wildman–Crippen MR) is 76.9 cm³/mol. The van der Waals surface area contributed by atoms with Crippen molar-refractivity contribution in [1.29, 1.82) is 0 Å². The van der Waals surface area contributed by atoms with E-state index in [1.807, 2.05) is 23.1 Å². The van der Waals surface area contributed by atoms with E-state index in [-0.39, 0.29) is 11.9 Å². The lowest BCUT2D eigenvalue weighted by atomic mass is 10.1. The number of ether oxygens (including phenoxy) is 1. The second-order valence-corrected chi connectivity index (χ2v) is 5.14. The van der Waals surface area contributed by atoms with Crippen LogP contribution in [-0.2, 0) is 11.2 Å². The maximum atomic E-state index is 12.6. The minimum atomic E-state index is -0.0878. The first-order valence-corrected chi connectivity index (χ1v) is 7.17. The van der Waals surface area contributed by atoms with Gasteiger partial charge in [0.15, 0.2) is 5.69 Å². The van der Waals surface area contributed by atoms with Gasteiger partial charge in [-0.25, -0.2) is 0 Å². The number of aromatic nitrogens is 1. The first kappa shape index (κ1) is 13.8. The average Bonchev–Trinajstić information content (AvgIpc) is 3.22. The molecular weight excluding hydrogens is 268 g/mol. The molecule has 2 heterocycles. The molecule has 0 spiro atoms. The third-order valence-electron chi connectivity index (χ3n) is 3.75. The van der Waals surface area contributed by atoms with Gasteiger partial charge in [0, 0.05) is 19.2 Å². The van der Waals surface area contributed by atoms with Crippen molar-refractivity contribution in [2.45, 2.75) is 18.9 Å². The Kier molecular flexibility index (Phi) is 4.31. The van der Waals surface area contributed by atoms with Crippen LogP contribution >= 0.6 is 0 Å². The normalized spacial score (nSPS) is 17.8. The molecule has 5 heteroatoms. The van der Waals surface area contributed by atoms with Crippen LogP contribution in [0.4, 0.5) is 0 Å². The highest BCUT2D eigenvalue weighted by Crippen LogP contribution is 2.16. The SMILES string of the molecule is O=C(c1ccon1)N(CCc1ccccc1)[C@@H]1CCOC1. The maximum Gasteiger partial charge on any atom is 0.276 e. The Morgan fingerprint density at radius 1 is 1.29 bits per heavy atom. The molecule has 1 saturated heterocycles. The minimum Gasteiger partial charge on any atom is -0.379 e. The van der Waals surface area contributed by atoms with Crippen LogP contribution in [0.15, 0.2) is 47.2 Å². The van der Waals surface area contributed by atoms with Crippen LogP contribution in [0.2, 0.25) is 0 Å². The van der Waals surface area contributed by atoms with Gasteiger partial charge in [-0.1, -0.05) is 35.5 Å². The van der Waals surface area contributed by atoms with Crippen LogP contribution in [0, 0.1) is 0 Å². The molecule has 1 aromatic heterocycles. The van der Waals surface area contributed by atoms with Gasteiger partial charge in [-0.2, -0.15) is 0 Å². The van der Waals surface area contributed by atoms with Gasteiger partial charge in [0.1, 0.15) is 6.26 Å². The lowest BCUT2D eigenvalue weighted by Gasteiger charge is -2.27. The van der Waals surface area contributed by atoms with Gasteiger partial charge in [-0.15, -0.1) is 0 Å². The molecule has 3 rings (SSSR count). The van der Waals surface area contributed by atoms with E-state index < -0.39 is 0 Å². The van der Waals surface area contributed by atoms with Crippen molar-refractivity contribution in [3.63, 3.8) is 0 Å². The summed E-state index contributed by atoms with van der Waals surface area (Å²) in [6.07, 6.45) is 3.12. The zero-order chi connectivity index (χ0) is 14.5. The molecule has 0 N–H and O–H groups in total. The summed E-state index contributed by atoms with van der Waals surface area (Å²) < 4.78 is 10.2. The van der Waals surface area contributed by atoms with Crippen LogP contribution < -0.4 is 0 Å². The Hall–Kier alpha value is -2.14. The zero-order valence-corrected chi connectivity index (χ0v) is 11.8. The Morgan fingerprint density at radius 2 is 2.14 bits per heavy atom. The summed E-state index contributed by atoms with van der Waals surface area (Å²) in [7, 11) is 0. The summed E-state index contributed by atoms with van der Waals surface area (Å²) in [6, 6.07) is 11.9. The molecule has 110 valence electrons. The molecule has 21 heavy (non-hydrogen) atoms. The van der Waals surface area contributed by atoms with E-state index in [0.29, 0.717) is 25.5 Å². The van der Waals surface area contributed by atoms with E-state index in [1.165, 1.54) is 11.8 Å². The van der Waals surface area contributed by atoms with Crippen molar-refractivity contribution in [3.05, 3.63) is 53.9 Å². The number of carbonyl (C=O) groups excluding carboxylic acids is 1. The van der Waals surface area contributed by atoms with Gasteiger partial charge >= 0.3 is 0 Å². The second kappa shape index (κ2) is 6.54. The first-order chi connectivity index (χ1) is 10.3. The summed E-state index contributed by atoms with van der Waals surface area (Å²) in [4.78, 5) is 14.4. The van der Waals surface area contributed by atoms with Crippen molar-refractivity contribution < 1.29 is 14.1 Å². The summed E-state index contributed by atoms with van der Waals surface area (Å²) >= 11 is 0. The zero-order valence-electron chi connectivity index (χ0n) is 11.8. The lowest BCUT2D eigenvalue weighted by Crippen LogP contribution is -2.42. The summed E-state index contributed by atoms with van der Waals surface area (Å²) in [6.45, 7) is 1.96. The fourth-order valence-corrected chi connectivity index (χ4v) is 2.58. The Labute approximate surface area is 123 Å². The molecule has 1 aromatic carbocycles. The highest BCUT2D eigenvalue weighted by Gasteiger charge is 2.29. The van der Waals surface area contributed by atoms with E-state index in [2.05, 4.69) is 17.3 Å². The summed E-state index contributed by atoms with van der Waals surface area (Å²) in [5, 5.41) is 3.76. The predicted octanol–water partition coefficient (Wildman–Crippen LogP) is 2.15. The van der Waals surface area contributed by atoms with Crippen LogP contribution in [0.25, 0.3) is 0 Å². The minimum absolute atomic E-state index is 0.0878. The molecule has 2 aromatic rings. The van der Waals surface area contributed by atoms with Gasteiger partial charge in [0.25, 0.3) is 5.91 Å². The molecule has 5 nitrogen and oxygen atoms in total. The topological polar surface area (TPSA) is 55.6 Å². The number of hydrogen-bond acceptors (Lipinski definition) is 4. The maximum absolute atomic E-state index is 12.6. The van der Waals surface area contributed by atoms with Crippen LogP contribution in [0.1, 0.15) is 22.5 Å². The van der Waals surface area contributed by atoms with E-state index in [0.717, 1.165) is 12.8 Å². The van der Waals surface area contributed by atoms with Gasteiger partial charge in [0.2, 0.25) is 0 Å². The van der Waals surface area contributed by atoms with E-state index in [1.54, 1.807) is 6.07 Å². The first-order valence-electron chi connectivity index (χ1n) is 7.17. The molecule has 0 saturated carbocycles. The standard InChI is InChI=1S/C16H18N2O3/c19-16(15-8-11-21-17-15)18(14-7-10-20-12-14)9-6-13-4-2-1-3-5-13/h1-5,8,11,14H,6-7,9-10,12H2/t14-/m1/s1. The highest BCUT2D eigenvalue weighted by molar-refractivity contribution is 5.92. The molecule has 1 amide bonds. The molecule has 1 aliphatic rings. The monoisotopic (exact) mass is 286 g/mol. The average molecular weight is 286 g/mol. The second-order valence-electron chi connectivity index (χ2n) is 5.14. The Morgan fingerprint density at radius 3 is 2.81 bits per heavy atom. The van der Waals surface area contributed by atoms with Crippen molar-refractivity contribution in [3.8, 4) is 0 Å². The fourth-order valence-electron chi connectivity index (χ4n) is 2.58. The summed E-state index contributed by atoms with van der Waals surface area (Å²) in [5.41, 5.74) is 1.57. The number of hydrogen-bond donors (Lipinski definition) is 0. The third-order valence-corrected chi connectivity index (χ3v) is 3.75. The van der Waals surface area contributed by atoms with Gasteiger partial charge < -0.3 is 14.2 Å². The molecular formula is C16H18N2O3. The number of nitrogens with zero attached hydrogens (tertiary/aromatic N) is 2. The fraction of sp³-hybridized carbons (Fsp3) is 0.375. The van der Waals surface area contributed by atoms with Gasteiger partial charge in [-0.3, -0.25) is 4.79 Å². The molecule has 0 radical (unpaired) electrons. The summed E-state index contributed by atoms with van der Waals surface area (Å²) in [5.74, 6) is -0.0878. The van der Waals surface area contributed by atoms with Crippen LogP contribution in [0.5, 0.6) is 0 Å².